The molecule has 1 saturated heterocycles. The summed E-state index contributed by atoms with van der Waals surface area (Å²) in [5.41, 5.74) is 5.30. The second kappa shape index (κ2) is 6.09. The van der Waals surface area contributed by atoms with Gasteiger partial charge in [0.2, 0.25) is 0 Å². The molecule has 23 heavy (non-hydrogen) atoms. The molecule has 0 aliphatic carbocycles. The molecular formula is C20H23N3. The molecule has 3 heteroatoms. The van der Waals surface area contributed by atoms with E-state index >= 15 is 0 Å². The summed E-state index contributed by atoms with van der Waals surface area (Å²) in [6.45, 7) is 5.32. The monoisotopic (exact) mass is 305 g/mol. The molecular weight excluding hydrogens is 282 g/mol. The van der Waals surface area contributed by atoms with Crippen molar-refractivity contribution in [1.82, 2.24) is 10.3 Å². The standard InChI is InChI=1S/C20H23N3/c1-15-3-2-4-16(11-15)12-19-14-21-9-10-23(19)18-5-6-20-17(13-18)7-8-22-20/h2-8,11,13,19,21-22H,9-10,12,14H2,1H3. The van der Waals surface area contributed by atoms with Crippen LogP contribution >= 0.6 is 0 Å². The third-order valence-corrected chi connectivity index (χ3v) is 4.77. The molecule has 0 amide bonds. The van der Waals surface area contributed by atoms with Crippen molar-refractivity contribution < 1.29 is 0 Å². The van der Waals surface area contributed by atoms with Gasteiger partial charge in [0.15, 0.2) is 0 Å². The van der Waals surface area contributed by atoms with Crippen LogP contribution in [0.3, 0.4) is 0 Å². The fourth-order valence-corrected chi connectivity index (χ4v) is 3.61. The van der Waals surface area contributed by atoms with Gasteiger partial charge < -0.3 is 15.2 Å². The Kier molecular flexibility index (Phi) is 3.80. The first-order chi connectivity index (χ1) is 11.3. The summed E-state index contributed by atoms with van der Waals surface area (Å²) < 4.78 is 0. The van der Waals surface area contributed by atoms with Crippen LogP contribution in [0.4, 0.5) is 5.69 Å². The number of fused-ring (bicyclic) bond motifs is 1. The topological polar surface area (TPSA) is 31.1 Å². The maximum atomic E-state index is 3.55. The van der Waals surface area contributed by atoms with Crippen LogP contribution in [0.1, 0.15) is 11.1 Å². The Morgan fingerprint density at radius 2 is 2.09 bits per heavy atom. The van der Waals surface area contributed by atoms with Gasteiger partial charge in [-0.05, 0) is 43.2 Å². The Morgan fingerprint density at radius 3 is 3.00 bits per heavy atom. The molecule has 2 N–H and O–H groups in total. The molecule has 4 rings (SSSR count). The summed E-state index contributed by atoms with van der Waals surface area (Å²) in [6, 6.07) is 18.3. The summed E-state index contributed by atoms with van der Waals surface area (Å²) in [5.74, 6) is 0. The van der Waals surface area contributed by atoms with Crippen LogP contribution in [0.15, 0.2) is 54.7 Å². The Morgan fingerprint density at radius 1 is 1.13 bits per heavy atom. The van der Waals surface area contributed by atoms with E-state index in [1.807, 2.05) is 6.20 Å². The molecule has 1 aliphatic rings. The second-order valence-electron chi connectivity index (χ2n) is 6.49. The van der Waals surface area contributed by atoms with Crippen LogP contribution < -0.4 is 10.2 Å². The molecule has 118 valence electrons. The number of rotatable bonds is 3. The van der Waals surface area contributed by atoms with Crippen molar-refractivity contribution in [3.63, 3.8) is 0 Å². The number of aromatic amines is 1. The van der Waals surface area contributed by atoms with Crippen LogP contribution in [-0.2, 0) is 6.42 Å². The van der Waals surface area contributed by atoms with Gasteiger partial charge in [-0.3, -0.25) is 0 Å². The average molecular weight is 305 g/mol. The number of hydrogen-bond donors (Lipinski definition) is 2. The highest BCUT2D eigenvalue weighted by molar-refractivity contribution is 5.83. The zero-order valence-electron chi connectivity index (χ0n) is 13.5. The highest BCUT2D eigenvalue weighted by Crippen LogP contribution is 2.25. The highest BCUT2D eigenvalue weighted by atomic mass is 15.2. The normalized spacial score (nSPS) is 18.5. The number of aryl methyl sites for hydroxylation is 1. The van der Waals surface area contributed by atoms with Gasteiger partial charge in [0.1, 0.15) is 0 Å². The molecule has 1 aliphatic heterocycles. The molecule has 1 unspecified atom stereocenters. The van der Waals surface area contributed by atoms with Gasteiger partial charge in [-0.15, -0.1) is 0 Å². The van der Waals surface area contributed by atoms with E-state index in [1.165, 1.54) is 27.7 Å². The third-order valence-electron chi connectivity index (χ3n) is 4.77. The minimum Gasteiger partial charge on any atom is -0.366 e. The summed E-state index contributed by atoms with van der Waals surface area (Å²) in [6.07, 6.45) is 3.09. The molecule has 2 heterocycles. The van der Waals surface area contributed by atoms with Crippen LogP contribution in [-0.4, -0.2) is 30.7 Å². The Hall–Kier alpha value is -2.26. The van der Waals surface area contributed by atoms with Gasteiger partial charge in [-0.25, -0.2) is 0 Å². The zero-order chi connectivity index (χ0) is 15.6. The molecule has 3 nitrogen and oxygen atoms in total. The van der Waals surface area contributed by atoms with E-state index in [1.54, 1.807) is 0 Å². The minimum absolute atomic E-state index is 0.502. The van der Waals surface area contributed by atoms with Crippen molar-refractivity contribution >= 4 is 16.6 Å². The number of piperazine rings is 1. The van der Waals surface area contributed by atoms with Gasteiger partial charge in [-0.2, -0.15) is 0 Å². The van der Waals surface area contributed by atoms with Crippen molar-refractivity contribution in [2.75, 3.05) is 24.5 Å². The van der Waals surface area contributed by atoms with Crippen molar-refractivity contribution in [3.05, 3.63) is 65.9 Å². The minimum atomic E-state index is 0.502. The van der Waals surface area contributed by atoms with E-state index in [-0.39, 0.29) is 0 Å². The van der Waals surface area contributed by atoms with E-state index in [2.05, 4.69) is 70.7 Å². The van der Waals surface area contributed by atoms with E-state index < -0.39 is 0 Å². The van der Waals surface area contributed by atoms with Crippen molar-refractivity contribution in [2.24, 2.45) is 0 Å². The largest absolute Gasteiger partial charge is 0.366 e. The Labute approximate surface area is 137 Å². The van der Waals surface area contributed by atoms with Crippen LogP contribution in [0.25, 0.3) is 10.9 Å². The summed E-state index contributed by atoms with van der Waals surface area (Å²) in [5, 5.41) is 4.84. The summed E-state index contributed by atoms with van der Waals surface area (Å²) in [7, 11) is 0. The zero-order valence-corrected chi connectivity index (χ0v) is 13.5. The van der Waals surface area contributed by atoms with Crippen LogP contribution in [0.2, 0.25) is 0 Å². The molecule has 0 spiro atoms. The number of nitrogens with one attached hydrogen (secondary N) is 2. The lowest BCUT2D eigenvalue weighted by atomic mass is 10.0. The third kappa shape index (κ3) is 2.97. The first-order valence-electron chi connectivity index (χ1n) is 8.40. The maximum absolute atomic E-state index is 3.55. The van der Waals surface area contributed by atoms with E-state index in [0.29, 0.717) is 6.04 Å². The lowest BCUT2D eigenvalue weighted by molar-refractivity contribution is 0.473. The van der Waals surface area contributed by atoms with Crippen molar-refractivity contribution in [3.8, 4) is 0 Å². The Bertz CT molecular complexity index is 805. The predicted molar refractivity (Wildman–Crippen MR) is 97.2 cm³/mol. The molecule has 3 aromatic rings. The van der Waals surface area contributed by atoms with E-state index in [0.717, 1.165) is 26.1 Å². The fourth-order valence-electron chi connectivity index (χ4n) is 3.61. The van der Waals surface area contributed by atoms with Gasteiger partial charge in [-0.1, -0.05) is 29.8 Å². The highest BCUT2D eigenvalue weighted by Gasteiger charge is 2.23. The molecule has 1 aromatic heterocycles. The summed E-state index contributed by atoms with van der Waals surface area (Å²) >= 11 is 0. The Balaban J connectivity index is 1.61. The SMILES string of the molecule is Cc1cccc(CC2CNCCN2c2ccc3[nH]ccc3c2)c1. The molecule has 1 atom stereocenters. The number of hydrogen-bond acceptors (Lipinski definition) is 2. The number of benzene rings is 2. The van der Waals surface area contributed by atoms with Crippen LogP contribution in [0, 0.1) is 6.92 Å². The second-order valence-corrected chi connectivity index (χ2v) is 6.49. The first-order valence-corrected chi connectivity index (χ1v) is 8.40. The average Bonchev–Trinajstić information content (AvgIpc) is 3.03. The summed E-state index contributed by atoms with van der Waals surface area (Å²) in [4.78, 5) is 5.84. The quantitative estimate of drug-likeness (QED) is 0.776. The van der Waals surface area contributed by atoms with Crippen LogP contribution in [0.5, 0.6) is 0 Å². The number of H-pyrrole nitrogens is 1. The molecule has 0 saturated carbocycles. The number of nitrogens with zero attached hydrogens (tertiary/aromatic N) is 1. The lowest BCUT2D eigenvalue weighted by Gasteiger charge is -2.38. The van der Waals surface area contributed by atoms with Gasteiger partial charge in [0.05, 0.1) is 0 Å². The fraction of sp³-hybridized carbons (Fsp3) is 0.300. The molecule has 0 bridgehead atoms. The van der Waals surface area contributed by atoms with Gasteiger partial charge in [0.25, 0.3) is 0 Å². The number of aromatic nitrogens is 1. The van der Waals surface area contributed by atoms with E-state index in [9.17, 15) is 0 Å². The van der Waals surface area contributed by atoms with E-state index in [4.69, 9.17) is 0 Å². The number of anilines is 1. The van der Waals surface area contributed by atoms with Crippen molar-refractivity contribution in [1.29, 1.82) is 0 Å². The molecule has 0 radical (unpaired) electrons. The van der Waals surface area contributed by atoms with Crippen molar-refractivity contribution in [2.45, 2.75) is 19.4 Å². The molecule has 2 aromatic carbocycles. The smallest absolute Gasteiger partial charge is 0.0455 e. The maximum Gasteiger partial charge on any atom is 0.0455 e. The van der Waals surface area contributed by atoms with Gasteiger partial charge >= 0.3 is 0 Å². The lowest BCUT2D eigenvalue weighted by Crippen LogP contribution is -2.52. The molecule has 1 fully saturated rings. The first kappa shape index (κ1) is 14.3. The van der Waals surface area contributed by atoms with Gasteiger partial charge in [0, 0.05) is 48.5 Å². The predicted octanol–water partition coefficient (Wildman–Crippen LogP) is 3.50.